The van der Waals surface area contributed by atoms with E-state index in [9.17, 15) is 9.59 Å². The molecule has 1 aromatic rings. The highest BCUT2D eigenvalue weighted by Crippen LogP contribution is 2.30. The standard InChI is InChI=1S/C25H40ClN3O2/c1-24(2,3)14-22(30)28-20-11-12-21(26)19(13-20)15-29(17-25(4,5)16-27)23(31)18-9-7-6-8-10-18/h11-13,18H,6-10,14-17,27H2,1-5H3,(H,28,30). The van der Waals surface area contributed by atoms with Crippen molar-refractivity contribution in [3.8, 4) is 0 Å². The van der Waals surface area contributed by atoms with Crippen LogP contribution in [-0.2, 0) is 16.1 Å². The molecular weight excluding hydrogens is 410 g/mol. The van der Waals surface area contributed by atoms with E-state index in [1.54, 1.807) is 6.07 Å². The molecule has 174 valence electrons. The average Bonchev–Trinajstić information content (AvgIpc) is 2.68. The Bertz CT molecular complexity index is 765. The second-order valence-electron chi connectivity index (χ2n) is 11.0. The molecule has 1 aromatic carbocycles. The highest BCUT2D eigenvalue weighted by atomic mass is 35.5. The van der Waals surface area contributed by atoms with Crippen LogP contribution >= 0.6 is 11.6 Å². The van der Waals surface area contributed by atoms with Crippen LogP contribution in [-0.4, -0.2) is 29.8 Å². The summed E-state index contributed by atoms with van der Waals surface area (Å²) in [4.78, 5) is 27.7. The fraction of sp³-hybridized carbons (Fsp3) is 0.680. The summed E-state index contributed by atoms with van der Waals surface area (Å²) in [6.45, 7) is 11.8. The number of benzene rings is 1. The van der Waals surface area contributed by atoms with Crippen LogP contribution in [0.3, 0.4) is 0 Å². The first-order valence-corrected chi connectivity index (χ1v) is 11.9. The first-order chi connectivity index (χ1) is 14.4. The molecular formula is C25H40ClN3O2. The molecule has 1 saturated carbocycles. The van der Waals surface area contributed by atoms with Crippen LogP contribution in [0.15, 0.2) is 18.2 Å². The average molecular weight is 450 g/mol. The van der Waals surface area contributed by atoms with Gasteiger partial charge in [-0.05, 0) is 54.0 Å². The second-order valence-corrected chi connectivity index (χ2v) is 11.4. The minimum Gasteiger partial charge on any atom is -0.337 e. The lowest BCUT2D eigenvalue weighted by molar-refractivity contribution is -0.138. The predicted molar refractivity (Wildman–Crippen MR) is 129 cm³/mol. The molecule has 5 nitrogen and oxygen atoms in total. The Morgan fingerprint density at radius 3 is 2.35 bits per heavy atom. The van der Waals surface area contributed by atoms with Crippen LogP contribution in [0.1, 0.15) is 78.7 Å². The van der Waals surface area contributed by atoms with Crippen LogP contribution in [0.2, 0.25) is 5.02 Å². The molecule has 2 rings (SSSR count). The summed E-state index contributed by atoms with van der Waals surface area (Å²) in [6.07, 6.45) is 5.77. The van der Waals surface area contributed by atoms with E-state index in [0.29, 0.717) is 36.8 Å². The molecule has 6 heteroatoms. The molecule has 0 radical (unpaired) electrons. The van der Waals surface area contributed by atoms with Gasteiger partial charge in [-0.3, -0.25) is 9.59 Å². The molecule has 0 spiro atoms. The predicted octanol–water partition coefficient (Wildman–Crippen LogP) is 5.61. The SMILES string of the molecule is CC(C)(C)CC(=O)Nc1ccc(Cl)c(CN(CC(C)(C)CN)C(=O)C2CCCCC2)c1. The van der Waals surface area contributed by atoms with Gasteiger partial charge < -0.3 is 16.0 Å². The molecule has 0 saturated heterocycles. The van der Waals surface area contributed by atoms with Crippen LogP contribution in [0.25, 0.3) is 0 Å². The van der Waals surface area contributed by atoms with Crippen molar-refractivity contribution in [1.29, 1.82) is 0 Å². The number of amides is 2. The van der Waals surface area contributed by atoms with Gasteiger partial charge in [-0.25, -0.2) is 0 Å². The van der Waals surface area contributed by atoms with Crippen molar-refractivity contribution in [3.05, 3.63) is 28.8 Å². The summed E-state index contributed by atoms with van der Waals surface area (Å²) in [5, 5.41) is 3.57. The summed E-state index contributed by atoms with van der Waals surface area (Å²) < 4.78 is 0. The number of hydrogen-bond acceptors (Lipinski definition) is 3. The molecule has 0 aromatic heterocycles. The molecule has 1 aliphatic rings. The molecule has 0 bridgehead atoms. The normalized spacial score (nSPS) is 15.6. The fourth-order valence-corrected chi connectivity index (χ4v) is 4.24. The lowest BCUT2D eigenvalue weighted by Gasteiger charge is -2.35. The number of hydrogen-bond donors (Lipinski definition) is 2. The van der Waals surface area contributed by atoms with Gasteiger partial charge in [0.1, 0.15) is 0 Å². The number of anilines is 1. The molecule has 0 aliphatic heterocycles. The van der Waals surface area contributed by atoms with Crippen molar-refractivity contribution in [1.82, 2.24) is 4.90 Å². The Hall–Kier alpha value is -1.59. The van der Waals surface area contributed by atoms with E-state index >= 15 is 0 Å². The number of nitrogens with one attached hydrogen (secondary N) is 1. The maximum atomic E-state index is 13.4. The van der Waals surface area contributed by atoms with E-state index in [1.165, 1.54) is 6.42 Å². The van der Waals surface area contributed by atoms with Crippen molar-refractivity contribution in [2.45, 2.75) is 79.7 Å². The summed E-state index contributed by atoms with van der Waals surface area (Å²) >= 11 is 6.50. The monoisotopic (exact) mass is 449 g/mol. The van der Waals surface area contributed by atoms with E-state index in [4.69, 9.17) is 17.3 Å². The van der Waals surface area contributed by atoms with E-state index in [2.05, 4.69) is 19.2 Å². The molecule has 1 aliphatic carbocycles. The van der Waals surface area contributed by atoms with Gasteiger partial charge in [-0.2, -0.15) is 0 Å². The summed E-state index contributed by atoms with van der Waals surface area (Å²) in [5.41, 5.74) is 7.25. The zero-order valence-electron chi connectivity index (χ0n) is 19.9. The third-order valence-corrected chi connectivity index (χ3v) is 6.19. The summed E-state index contributed by atoms with van der Waals surface area (Å²) in [5.74, 6) is 0.246. The maximum Gasteiger partial charge on any atom is 0.226 e. The van der Waals surface area contributed by atoms with Crippen molar-refractivity contribution in [2.75, 3.05) is 18.4 Å². The van der Waals surface area contributed by atoms with Crippen LogP contribution in [0.4, 0.5) is 5.69 Å². The molecule has 2 amide bonds. The summed E-state index contributed by atoms with van der Waals surface area (Å²) in [7, 11) is 0. The van der Waals surface area contributed by atoms with E-state index in [0.717, 1.165) is 31.2 Å². The van der Waals surface area contributed by atoms with Crippen LogP contribution < -0.4 is 11.1 Å². The van der Waals surface area contributed by atoms with Crippen LogP contribution in [0.5, 0.6) is 0 Å². The molecule has 0 unspecified atom stereocenters. The van der Waals surface area contributed by atoms with E-state index in [-0.39, 0.29) is 28.6 Å². The molecule has 0 atom stereocenters. The zero-order chi connectivity index (χ0) is 23.2. The number of carbonyl (C=O) groups excluding carboxylic acids is 2. The van der Waals surface area contributed by atoms with Crippen molar-refractivity contribution >= 4 is 29.1 Å². The van der Waals surface area contributed by atoms with Crippen molar-refractivity contribution in [2.24, 2.45) is 22.5 Å². The van der Waals surface area contributed by atoms with Gasteiger partial charge in [0.2, 0.25) is 11.8 Å². The Morgan fingerprint density at radius 2 is 1.77 bits per heavy atom. The summed E-state index contributed by atoms with van der Waals surface area (Å²) in [6, 6.07) is 5.49. The maximum absolute atomic E-state index is 13.4. The minimum atomic E-state index is -0.185. The highest BCUT2D eigenvalue weighted by molar-refractivity contribution is 6.31. The van der Waals surface area contributed by atoms with Gasteiger partial charge in [0.25, 0.3) is 0 Å². The molecule has 31 heavy (non-hydrogen) atoms. The van der Waals surface area contributed by atoms with Gasteiger partial charge >= 0.3 is 0 Å². The van der Waals surface area contributed by atoms with Gasteiger partial charge in [0, 0.05) is 36.1 Å². The van der Waals surface area contributed by atoms with Crippen molar-refractivity contribution in [3.63, 3.8) is 0 Å². The molecule has 1 fully saturated rings. The number of nitrogens with zero attached hydrogens (tertiary/aromatic N) is 1. The van der Waals surface area contributed by atoms with Crippen molar-refractivity contribution < 1.29 is 9.59 Å². The first kappa shape index (κ1) is 25.7. The smallest absolute Gasteiger partial charge is 0.226 e. The van der Waals surface area contributed by atoms with E-state index in [1.807, 2.05) is 37.8 Å². The van der Waals surface area contributed by atoms with Gasteiger partial charge in [-0.15, -0.1) is 0 Å². The van der Waals surface area contributed by atoms with Crippen LogP contribution in [0, 0.1) is 16.7 Å². The topological polar surface area (TPSA) is 75.4 Å². The lowest BCUT2D eigenvalue weighted by Crippen LogP contribution is -2.44. The van der Waals surface area contributed by atoms with Gasteiger partial charge in [-0.1, -0.05) is 65.5 Å². The lowest BCUT2D eigenvalue weighted by atomic mass is 9.86. The fourth-order valence-electron chi connectivity index (χ4n) is 4.07. The number of rotatable bonds is 8. The Labute approximate surface area is 193 Å². The van der Waals surface area contributed by atoms with Gasteiger partial charge in [0.05, 0.1) is 0 Å². The van der Waals surface area contributed by atoms with Gasteiger partial charge in [0.15, 0.2) is 0 Å². The quantitative estimate of drug-likeness (QED) is 0.541. The number of halogens is 1. The largest absolute Gasteiger partial charge is 0.337 e. The molecule has 3 N–H and O–H groups in total. The highest BCUT2D eigenvalue weighted by Gasteiger charge is 2.30. The Balaban J connectivity index is 2.21. The minimum absolute atomic E-state index is 0.0276. The molecule has 0 heterocycles. The number of nitrogens with two attached hydrogens (primary N) is 1. The van der Waals surface area contributed by atoms with E-state index < -0.39 is 0 Å². The third-order valence-electron chi connectivity index (χ3n) is 5.82. The number of carbonyl (C=O) groups is 2. The Morgan fingerprint density at radius 1 is 1.13 bits per heavy atom. The third kappa shape index (κ3) is 8.46. The zero-order valence-corrected chi connectivity index (χ0v) is 20.6. The second kappa shape index (κ2) is 10.8. The Kier molecular flexibility index (Phi) is 8.96. The first-order valence-electron chi connectivity index (χ1n) is 11.5.